The molecule has 1 saturated heterocycles. The minimum Gasteiger partial charge on any atom is -0.346 e. The summed E-state index contributed by atoms with van der Waals surface area (Å²) in [6.45, 7) is 15.5. The molecule has 5 amide bonds. The van der Waals surface area contributed by atoms with E-state index in [1.807, 2.05) is 13.8 Å². The van der Waals surface area contributed by atoms with Crippen molar-refractivity contribution in [3.8, 4) is 0 Å². The molecule has 0 bridgehead atoms. The zero-order chi connectivity index (χ0) is 39.2. The number of ketones is 1. The van der Waals surface area contributed by atoms with Gasteiger partial charge in [0.05, 0.1) is 22.1 Å². The molecule has 12 nitrogen and oxygen atoms in total. The van der Waals surface area contributed by atoms with Crippen molar-refractivity contribution < 1.29 is 32.4 Å². The van der Waals surface area contributed by atoms with Gasteiger partial charge in [0.25, 0.3) is 5.91 Å². The largest absolute Gasteiger partial charge is 0.346 e. The Labute approximate surface area is 318 Å². The highest BCUT2D eigenvalue weighted by Gasteiger charge is 2.50. The first-order valence-corrected chi connectivity index (χ1v) is 21.9. The molecular formula is C40H67N5O7S. The van der Waals surface area contributed by atoms with Crippen LogP contribution < -0.4 is 21.3 Å². The highest BCUT2D eigenvalue weighted by Crippen LogP contribution is 2.42. The van der Waals surface area contributed by atoms with E-state index in [0.717, 1.165) is 51.4 Å². The Bertz CT molecular complexity index is 1460. The summed E-state index contributed by atoms with van der Waals surface area (Å²) in [5.41, 5.74) is -1.54. The van der Waals surface area contributed by atoms with Gasteiger partial charge < -0.3 is 26.2 Å². The number of amides is 5. The van der Waals surface area contributed by atoms with Crippen LogP contribution in [0.5, 0.6) is 0 Å². The molecule has 300 valence electrons. The number of likely N-dealkylation sites (tertiary alicyclic amines) is 1. The van der Waals surface area contributed by atoms with Crippen molar-refractivity contribution in [2.45, 2.75) is 166 Å². The highest BCUT2D eigenvalue weighted by atomic mass is 32.2. The average molecular weight is 762 g/mol. The van der Waals surface area contributed by atoms with Crippen molar-refractivity contribution in [3.05, 3.63) is 12.7 Å². The van der Waals surface area contributed by atoms with Crippen LogP contribution in [-0.2, 0) is 29.0 Å². The topological polar surface area (TPSA) is 171 Å². The monoisotopic (exact) mass is 761 g/mol. The number of rotatable bonds is 17. The number of hydrogen-bond acceptors (Lipinski definition) is 7. The van der Waals surface area contributed by atoms with Gasteiger partial charge in [-0.2, -0.15) is 0 Å². The molecule has 4 rings (SSSR count). The molecule has 1 aliphatic heterocycles. The van der Waals surface area contributed by atoms with Gasteiger partial charge >= 0.3 is 6.03 Å². The number of Topliss-reactive ketones (excluding diaryl/α,β-unsaturated/α-hetero) is 1. The van der Waals surface area contributed by atoms with Crippen LogP contribution in [0.4, 0.5) is 4.79 Å². The molecule has 0 aromatic rings. The molecule has 4 aliphatic rings. The second-order valence-corrected chi connectivity index (χ2v) is 20.4. The third kappa shape index (κ3) is 10.6. The van der Waals surface area contributed by atoms with Gasteiger partial charge in [-0.15, -0.1) is 6.58 Å². The van der Waals surface area contributed by atoms with Gasteiger partial charge in [-0.25, -0.2) is 13.2 Å². The van der Waals surface area contributed by atoms with Crippen molar-refractivity contribution in [2.75, 3.05) is 18.8 Å². The van der Waals surface area contributed by atoms with E-state index in [-0.39, 0.29) is 36.0 Å². The van der Waals surface area contributed by atoms with Gasteiger partial charge in [-0.1, -0.05) is 85.1 Å². The molecule has 4 fully saturated rings. The molecule has 1 heterocycles. The fraction of sp³-hybridized carbons (Fsp3) is 0.825. The number of nitrogens with zero attached hydrogens (tertiary/aromatic N) is 1. The summed E-state index contributed by atoms with van der Waals surface area (Å²) in [5.74, 6) is -2.06. The Morgan fingerprint density at radius 1 is 0.943 bits per heavy atom. The predicted octanol–water partition coefficient (Wildman–Crippen LogP) is 4.96. The van der Waals surface area contributed by atoms with Crippen LogP contribution in [0, 0.1) is 23.2 Å². The maximum atomic E-state index is 14.9. The molecule has 3 saturated carbocycles. The van der Waals surface area contributed by atoms with Crippen LogP contribution in [0.25, 0.3) is 0 Å². The van der Waals surface area contributed by atoms with Gasteiger partial charge in [-0.3, -0.25) is 19.2 Å². The number of hydrogen-bond donors (Lipinski definition) is 4. The lowest BCUT2D eigenvalue weighted by Crippen LogP contribution is -2.64. The summed E-state index contributed by atoms with van der Waals surface area (Å²) in [6, 6.07) is -3.41. The molecule has 0 radical (unpaired) electrons. The van der Waals surface area contributed by atoms with Crippen LogP contribution in [0.1, 0.15) is 138 Å². The van der Waals surface area contributed by atoms with Crippen molar-refractivity contribution >= 4 is 39.4 Å². The maximum absolute atomic E-state index is 14.9. The van der Waals surface area contributed by atoms with E-state index in [4.69, 9.17) is 0 Å². The fourth-order valence-electron chi connectivity index (χ4n) is 8.51. The van der Waals surface area contributed by atoms with E-state index < -0.39 is 67.3 Å². The Hall–Kier alpha value is -2.96. The maximum Gasteiger partial charge on any atom is 0.315 e. The van der Waals surface area contributed by atoms with Crippen LogP contribution in [0.2, 0.25) is 0 Å². The standard InChI is InChI=1S/C40H67N5O7S/c1-8-22-41-35(48)32(46)30(23-28-16-17-28)42-34(47)31-24-29(27(3)4)25-45(31)36(49)33(39(7)18-12-10-13-19-39)43-37(50)44-40(20-14-11-15-21-40)26-53(51,52)38(5,6)9-2/h8,27-31,33H,1,9-26H2,2-7H3,(H,41,48)(H,42,47)(H2,43,44,50)/t29-,30?,31+,33-/m1/s1. The Balaban J connectivity index is 1.61. The lowest BCUT2D eigenvalue weighted by Gasteiger charge is -2.44. The zero-order valence-electron chi connectivity index (χ0n) is 33.2. The Kier molecular flexibility index (Phi) is 14.3. The van der Waals surface area contributed by atoms with Gasteiger partial charge in [0.1, 0.15) is 12.1 Å². The first kappa shape index (κ1) is 42.8. The lowest BCUT2D eigenvalue weighted by atomic mass is 9.70. The summed E-state index contributed by atoms with van der Waals surface area (Å²) in [7, 11) is -3.58. The number of sulfone groups is 1. The van der Waals surface area contributed by atoms with E-state index in [2.05, 4.69) is 41.7 Å². The van der Waals surface area contributed by atoms with E-state index in [9.17, 15) is 32.4 Å². The second-order valence-electron chi connectivity index (χ2n) is 17.8. The van der Waals surface area contributed by atoms with Crippen molar-refractivity contribution in [1.29, 1.82) is 0 Å². The number of nitrogens with one attached hydrogen (secondary N) is 4. The summed E-state index contributed by atoms with van der Waals surface area (Å²) < 4.78 is 26.4. The van der Waals surface area contributed by atoms with Gasteiger partial charge in [0.15, 0.2) is 9.84 Å². The molecule has 1 unspecified atom stereocenters. The SMILES string of the molecule is C=CCNC(=O)C(=O)C(CC1CC1)NC(=O)[C@@H]1C[C@@H](C(C)C)CN1C(=O)[C@@H](NC(=O)NC1(CS(=O)(=O)C(C)(C)CC)CCCCC1)C1(C)CCCCC1. The van der Waals surface area contributed by atoms with Crippen LogP contribution >= 0.6 is 0 Å². The molecule has 0 aromatic carbocycles. The molecule has 0 spiro atoms. The van der Waals surface area contributed by atoms with Crippen LogP contribution in [0.3, 0.4) is 0 Å². The smallest absolute Gasteiger partial charge is 0.315 e. The fourth-order valence-corrected chi connectivity index (χ4v) is 10.4. The molecule has 0 aromatic heterocycles. The minimum atomic E-state index is -3.58. The Morgan fingerprint density at radius 3 is 2.09 bits per heavy atom. The molecule has 4 atom stereocenters. The zero-order valence-corrected chi connectivity index (χ0v) is 34.0. The minimum absolute atomic E-state index is 0.00875. The average Bonchev–Trinajstić information content (AvgIpc) is 3.81. The van der Waals surface area contributed by atoms with Crippen LogP contribution in [0.15, 0.2) is 12.7 Å². The van der Waals surface area contributed by atoms with Gasteiger partial charge in [0, 0.05) is 13.1 Å². The second kappa shape index (κ2) is 17.7. The van der Waals surface area contributed by atoms with E-state index >= 15 is 0 Å². The van der Waals surface area contributed by atoms with Crippen molar-refractivity contribution in [1.82, 2.24) is 26.2 Å². The summed E-state index contributed by atoms with van der Waals surface area (Å²) in [4.78, 5) is 70.7. The highest BCUT2D eigenvalue weighted by molar-refractivity contribution is 7.92. The van der Waals surface area contributed by atoms with E-state index in [1.54, 1.807) is 18.7 Å². The lowest BCUT2D eigenvalue weighted by molar-refractivity contribution is -0.144. The van der Waals surface area contributed by atoms with Crippen molar-refractivity contribution in [2.24, 2.45) is 23.2 Å². The molecule has 3 aliphatic carbocycles. The number of carbonyl (C=O) groups excluding carboxylic acids is 5. The molecular weight excluding hydrogens is 695 g/mol. The van der Waals surface area contributed by atoms with Crippen molar-refractivity contribution in [3.63, 3.8) is 0 Å². The molecule has 4 N–H and O–H groups in total. The van der Waals surface area contributed by atoms with Crippen LogP contribution in [-0.4, -0.2) is 90.1 Å². The summed E-state index contributed by atoms with van der Waals surface area (Å²) in [5, 5.41) is 11.6. The van der Waals surface area contributed by atoms with E-state index in [0.29, 0.717) is 51.5 Å². The summed E-state index contributed by atoms with van der Waals surface area (Å²) >= 11 is 0. The molecule has 53 heavy (non-hydrogen) atoms. The third-order valence-electron chi connectivity index (χ3n) is 13.0. The molecule has 13 heteroatoms. The number of carbonyl (C=O) groups is 5. The van der Waals surface area contributed by atoms with Gasteiger partial charge in [-0.05, 0) is 82.0 Å². The predicted molar refractivity (Wildman–Crippen MR) is 207 cm³/mol. The summed E-state index contributed by atoms with van der Waals surface area (Å²) in [6.07, 6.45) is 12.4. The Morgan fingerprint density at radius 2 is 1.55 bits per heavy atom. The quantitative estimate of drug-likeness (QED) is 0.120. The first-order chi connectivity index (χ1) is 24.9. The normalized spacial score (nSPS) is 24.1. The first-order valence-electron chi connectivity index (χ1n) is 20.2. The number of urea groups is 1. The van der Waals surface area contributed by atoms with Gasteiger partial charge in [0.2, 0.25) is 17.6 Å². The third-order valence-corrected chi connectivity index (χ3v) is 15.9. The van der Waals surface area contributed by atoms with E-state index in [1.165, 1.54) is 6.08 Å².